The molecule has 0 saturated heterocycles. The Morgan fingerprint density at radius 2 is 1.42 bits per heavy atom. The second-order valence-corrected chi connectivity index (χ2v) is 12.9. The van der Waals surface area contributed by atoms with Crippen molar-refractivity contribution in [2.45, 2.75) is 108 Å². The zero-order valence-electron chi connectivity index (χ0n) is 21.1. The lowest BCUT2D eigenvalue weighted by Gasteiger charge is -2.32. The topological polar surface area (TPSA) is 0 Å². The number of benzene rings is 2. The van der Waals surface area contributed by atoms with Crippen LogP contribution in [0.2, 0.25) is 11.6 Å². The van der Waals surface area contributed by atoms with Gasteiger partial charge in [-0.05, 0) is 103 Å². The van der Waals surface area contributed by atoms with Gasteiger partial charge in [-0.2, -0.15) is 0 Å². The van der Waals surface area contributed by atoms with E-state index in [1.165, 1.54) is 81.4 Å². The van der Waals surface area contributed by atoms with Crippen LogP contribution in [0.4, 0.5) is 4.39 Å². The standard InChI is InChI=1S/C31H43FSi/c1-4-6-23-7-9-25(10-8-23)26-15-17-28(18-16-26)30-20-19-29(21-31(30)32)27-13-11-24(12-14-27)22(3)33-5-2/h15-25,27H,4-14H2,1-3H3. The molecule has 2 saturated carbocycles. The van der Waals surface area contributed by atoms with E-state index in [-0.39, 0.29) is 5.82 Å². The van der Waals surface area contributed by atoms with Crippen LogP contribution in [-0.2, 0) is 0 Å². The number of rotatable bonds is 8. The highest BCUT2D eigenvalue weighted by molar-refractivity contribution is 6.37. The lowest BCUT2D eigenvalue weighted by atomic mass is 9.77. The second-order valence-electron chi connectivity index (χ2n) is 10.8. The molecule has 0 bridgehead atoms. The highest BCUT2D eigenvalue weighted by Crippen LogP contribution is 2.42. The minimum absolute atomic E-state index is 0.0525. The van der Waals surface area contributed by atoms with Crippen LogP contribution in [0, 0.1) is 17.7 Å². The molecule has 2 aliphatic carbocycles. The molecule has 33 heavy (non-hydrogen) atoms. The van der Waals surface area contributed by atoms with Gasteiger partial charge in [0.25, 0.3) is 0 Å². The Balaban J connectivity index is 1.36. The molecule has 0 amide bonds. The Bertz CT molecular complexity index is 857. The van der Waals surface area contributed by atoms with Crippen molar-refractivity contribution in [2.24, 2.45) is 11.8 Å². The quantitative estimate of drug-likeness (QED) is 0.342. The second kappa shape index (κ2) is 11.8. The van der Waals surface area contributed by atoms with Gasteiger partial charge in [-0.15, -0.1) is 0 Å². The summed E-state index contributed by atoms with van der Waals surface area (Å²) < 4.78 is 15.2. The van der Waals surface area contributed by atoms with Crippen molar-refractivity contribution in [2.75, 3.05) is 0 Å². The van der Waals surface area contributed by atoms with Crippen LogP contribution in [-0.4, -0.2) is 9.52 Å². The first-order chi connectivity index (χ1) is 16.1. The summed E-state index contributed by atoms with van der Waals surface area (Å²) in [6, 6.07) is 16.2. The molecule has 1 atom stereocenters. The van der Waals surface area contributed by atoms with Crippen LogP contribution in [0.1, 0.15) is 108 Å². The zero-order valence-corrected chi connectivity index (χ0v) is 22.1. The lowest BCUT2D eigenvalue weighted by Crippen LogP contribution is -2.19. The summed E-state index contributed by atoms with van der Waals surface area (Å²) in [6.45, 7) is 7.04. The molecule has 2 aromatic carbocycles. The molecule has 0 N–H and O–H groups in total. The van der Waals surface area contributed by atoms with Crippen LogP contribution in [0.25, 0.3) is 11.1 Å². The predicted octanol–water partition coefficient (Wildman–Crippen LogP) is 9.79. The van der Waals surface area contributed by atoms with Gasteiger partial charge in [0.1, 0.15) is 5.82 Å². The maximum atomic E-state index is 15.2. The third-order valence-electron chi connectivity index (χ3n) is 8.71. The third-order valence-corrected chi connectivity index (χ3v) is 10.2. The van der Waals surface area contributed by atoms with Crippen LogP contribution >= 0.6 is 0 Å². The van der Waals surface area contributed by atoms with Gasteiger partial charge in [-0.3, -0.25) is 0 Å². The molecule has 0 aromatic heterocycles. The summed E-state index contributed by atoms with van der Waals surface area (Å²) >= 11 is 0. The summed E-state index contributed by atoms with van der Waals surface area (Å²) in [6.07, 6.45) is 13.1. The van der Waals surface area contributed by atoms with Crippen molar-refractivity contribution >= 4 is 9.52 Å². The molecule has 2 radical (unpaired) electrons. The Labute approximate surface area is 204 Å². The van der Waals surface area contributed by atoms with E-state index in [0.717, 1.165) is 38.0 Å². The van der Waals surface area contributed by atoms with E-state index in [9.17, 15) is 0 Å². The largest absolute Gasteiger partial charge is 0.206 e. The third kappa shape index (κ3) is 6.18. The summed E-state index contributed by atoms with van der Waals surface area (Å²) in [4.78, 5) is 0. The monoisotopic (exact) mass is 462 g/mol. The van der Waals surface area contributed by atoms with Crippen molar-refractivity contribution < 1.29 is 4.39 Å². The van der Waals surface area contributed by atoms with E-state index in [0.29, 0.717) is 11.8 Å². The minimum Gasteiger partial charge on any atom is -0.206 e. The van der Waals surface area contributed by atoms with Crippen LogP contribution in [0.5, 0.6) is 0 Å². The summed E-state index contributed by atoms with van der Waals surface area (Å²) in [5.74, 6) is 2.99. The first-order valence-corrected chi connectivity index (χ1v) is 15.0. The average molecular weight is 463 g/mol. The number of hydrogen-bond donors (Lipinski definition) is 0. The first-order valence-electron chi connectivity index (χ1n) is 13.7. The fraction of sp³-hybridized carbons (Fsp3) is 0.613. The molecule has 2 fully saturated rings. The first kappa shape index (κ1) is 24.7. The SMILES string of the molecule is CCCC1CCC(c2ccc(-c3ccc(C4CCC(C(C)[Si]CC)CC4)cc3F)cc2)CC1. The molecule has 0 nitrogen and oxygen atoms in total. The Morgan fingerprint density at radius 1 is 0.818 bits per heavy atom. The van der Waals surface area contributed by atoms with Gasteiger partial charge in [0.2, 0.25) is 0 Å². The van der Waals surface area contributed by atoms with Crippen LogP contribution in [0.3, 0.4) is 0 Å². The fourth-order valence-electron chi connectivity index (χ4n) is 6.59. The molecular formula is C31H43FSi. The van der Waals surface area contributed by atoms with Crippen LogP contribution in [0.15, 0.2) is 42.5 Å². The smallest absolute Gasteiger partial charge is 0.131 e. The number of hydrogen-bond acceptors (Lipinski definition) is 0. The van der Waals surface area contributed by atoms with E-state index in [4.69, 9.17) is 0 Å². The summed E-state index contributed by atoms with van der Waals surface area (Å²) in [7, 11) is 1.10. The van der Waals surface area contributed by atoms with Crippen molar-refractivity contribution in [1.82, 2.24) is 0 Å². The Hall–Kier alpha value is -1.41. The van der Waals surface area contributed by atoms with Gasteiger partial charge in [-0.1, -0.05) is 76.1 Å². The van der Waals surface area contributed by atoms with Crippen molar-refractivity contribution in [3.63, 3.8) is 0 Å². The molecule has 2 heteroatoms. The molecule has 0 spiro atoms. The summed E-state index contributed by atoms with van der Waals surface area (Å²) in [5.41, 5.74) is 5.29. The molecule has 4 rings (SSSR count). The molecule has 0 aliphatic heterocycles. The van der Waals surface area contributed by atoms with Crippen molar-refractivity contribution in [3.05, 3.63) is 59.4 Å². The van der Waals surface area contributed by atoms with Gasteiger partial charge < -0.3 is 0 Å². The van der Waals surface area contributed by atoms with Gasteiger partial charge in [0, 0.05) is 15.1 Å². The van der Waals surface area contributed by atoms with E-state index in [2.05, 4.69) is 51.1 Å². The van der Waals surface area contributed by atoms with Crippen LogP contribution < -0.4 is 0 Å². The maximum Gasteiger partial charge on any atom is 0.131 e. The normalized spacial score (nSPS) is 26.8. The maximum absolute atomic E-state index is 15.2. The van der Waals surface area contributed by atoms with Gasteiger partial charge >= 0.3 is 0 Å². The zero-order chi connectivity index (χ0) is 23.2. The fourth-order valence-corrected chi connectivity index (χ4v) is 7.90. The average Bonchev–Trinajstić information content (AvgIpc) is 2.85. The van der Waals surface area contributed by atoms with E-state index < -0.39 is 0 Å². The predicted molar refractivity (Wildman–Crippen MR) is 142 cm³/mol. The highest BCUT2D eigenvalue weighted by Gasteiger charge is 2.26. The molecular weight excluding hydrogens is 419 g/mol. The van der Waals surface area contributed by atoms with Gasteiger partial charge in [0.15, 0.2) is 0 Å². The van der Waals surface area contributed by atoms with Crippen molar-refractivity contribution in [1.29, 1.82) is 0 Å². The Morgan fingerprint density at radius 3 is 2.03 bits per heavy atom. The lowest BCUT2D eigenvalue weighted by molar-refractivity contribution is 0.308. The molecule has 178 valence electrons. The summed E-state index contributed by atoms with van der Waals surface area (Å²) in [5, 5.41) is 0. The highest BCUT2D eigenvalue weighted by atomic mass is 28.2. The van der Waals surface area contributed by atoms with E-state index in [1.54, 1.807) is 0 Å². The van der Waals surface area contributed by atoms with Crippen molar-refractivity contribution in [3.8, 4) is 11.1 Å². The van der Waals surface area contributed by atoms with Gasteiger partial charge in [-0.25, -0.2) is 4.39 Å². The van der Waals surface area contributed by atoms with E-state index >= 15 is 4.39 Å². The minimum atomic E-state index is -0.0525. The molecule has 0 heterocycles. The molecule has 2 aromatic rings. The van der Waals surface area contributed by atoms with Gasteiger partial charge in [0.05, 0.1) is 0 Å². The van der Waals surface area contributed by atoms with E-state index in [1.807, 2.05) is 12.1 Å². The molecule has 1 unspecified atom stereocenters. The Kier molecular flexibility index (Phi) is 8.85. The molecule has 2 aliphatic rings. The number of halogens is 1.